The van der Waals surface area contributed by atoms with E-state index in [1.54, 1.807) is 0 Å². The van der Waals surface area contributed by atoms with Crippen molar-refractivity contribution in [3.63, 3.8) is 0 Å². The van der Waals surface area contributed by atoms with Gasteiger partial charge in [-0.1, -0.05) is 42.5 Å². The second kappa shape index (κ2) is 6.23. The second-order valence-corrected chi connectivity index (χ2v) is 5.81. The Balaban J connectivity index is 2.13. The number of hydrogen-bond donors (Lipinski definition) is 1. The van der Waals surface area contributed by atoms with Crippen LogP contribution in [0.2, 0.25) is 0 Å². The summed E-state index contributed by atoms with van der Waals surface area (Å²) in [5.74, 6) is 0. The van der Waals surface area contributed by atoms with Crippen LogP contribution in [0.1, 0.15) is 53.7 Å². The highest BCUT2D eigenvalue weighted by Crippen LogP contribution is 2.23. The van der Waals surface area contributed by atoms with Crippen LogP contribution >= 0.6 is 0 Å². The van der Waals surface area contributed by atoms with E-state index in [9.17, 15) is 0 Å². The van der Waals surface area contributed by atoms with Crippen LogP contribution < -0.4 is 5.32 Å². The Morgan fingerprint density at radius 3 is 2.10 bits per heavy atom. The molecule has 0 aromatic heterocycles. The smallest absolute Gasteiger partial charge is 0.0300 e. The van der Waals surface area contributed by atoms with Crippen LogP contribution in [-0.2, 0) is 0 Å². The van der Waals surface area contributed by atoms with E-state index < -0.39 is 0 Å². The second-order valence-electron chi connectivity index (χ2n) is 5.81. The molecule has 0 spiro atoms. The van der Waals surface area contributed by atoms with Crippen molar-refractivity contribution in [3.8, 4) is 0 Å². The van der Waals surface area contributed by atoms with Gasteiger partial charge in [-0.2, -0.15) is 0 Å². The Labute approximate surface area is 123 Å². The van der Waals surface area contributed by atoms with Gasteiger partial charge in [0.15, 0.2) is 0 Å². The summed E-state index contributed by atoms with van der Waals surface area (Å²) < 4.78 is 0. The molecule has 2 unspecified atom stereocenters. The minimum Gasteiger partial charge on any atom is -0.304 e. The van der Waals surface area contributed by atoms with Crippen molar-refractivity contribution in [1.29, 1.82) is 0 Å². The van der Waals surface area contributed by atoms with Crippen LogP contribution in [0.15, 0.2) is 42.5 Å². The topological polar surface area (TPSA) is 12.0 Å². The van der Waals surface area contributed by atoms with E-state index in [4.69, 9.17) is 0 Å². The normalized spacial score (nSPS) is 14.1. The highest BCUT2D eigenvalue weighted by molar-refractivity contribution is 5.32. The molecule has 1 nitrogen and oxygen atoms in total. The van der Waals surface area contributed by atoms with Gasteiger partial charge in [0.1, 0.15) is 0 Å². The van der Waals surface area contributed by atoms with Gasteiger partial charge < -0.3 is 5.32 Å². The quantitative estimate of drug-likeness (QED) is 0.819. The minimum atomic E-state index is 0.351. The highest BCUT2D eigenvalue weighted by Gasteiger charge is 2.12. The van der Waals surface area contributed by atoms with E-state index in [0.717, 1.165) is 0 Å². The molecule has 2 aromatic carbocycles. The zero-order valence-electron chi connectivity index (χ0n) is 13.2. The van der Waals surface area contributed by atoms with E-state index in [1.807, 2.05) is 0 Å². The van der Waals surface area contributed by atoms with Gasteiger partial charge in [0.2, 0.25) is 0 Å². The molecule has 1 heteroatoms. The van der Waals surface area contributed by atoms with Crippen molar-refractivity contribution in [2.75, 3.05) is 0 Å². The summed E-state index contributed by atoms with van der Waals surface area (Å²) in [6.45, 7) is 11.0. The van der Waals surface area contributed by atoms with E-state index in [2.05, 4.69) is 82.4 Å². The molecule has 0 saturated heterocycles. The van der Waals surface area contributed by atoms with E-state index >= 15 is 0 Å². The predicted molar refractivity (Wildman–Crippen MR) is 87.1 cm³/mol. The van der Waals surface area contributed by atoms with Crippen LogP contribution in [0.5, 0.6) is 0 Å². The standard InChI is InChI=1S/C19H25N/c1-13-10-11-18(12-15(13)3)16(4)20-17(5)19-9-7-6-8-14(19)2/h6-12,16-17,20H,1-5H3. The molecule has 2 aromatic rings. The molecular weight excluding hydrogens is 242 g/mol. The van der Waals surface area contributed by atoms with Crippen molar-refractivity contribution in [1.82, 2.24) is 5.32 Å². The van der Waals surface area contributed by atoms with Crippen LogP contribution in [0.4, 0.5) is 0 Å². The first kappa shape index (κ1) is 14.8. The van der Waals surface area contributed by atoms with Gasteiger partial charge in [-0.05, 0) is 62.4 Å². The van der Waals surface area contributed by atoms with E-state index in [0.29, 0.717) is 12.1 Å². The van der Waals surface area contributed by atoms with E-state index in [1.165, 1.54) is 27.8 Å². The summed E-state index contributed by atoms with van der Waals surface area (Å²) in [7, 11) is 0. The molecule has 106 valence electrons. The largest absolute Gasteiger partial charge is 0.304 e. The van der Waals surface area contributed by atoms with Crippen molar-refractivity contribution in [3.05, 3.63) is 70.3 Å². The Hall–Kier alpha value is -1.60. The number of nitrogens with one attached hydrogen (secondary N) is 1. The third-order valence-corrected chi connectivity index (χ3v) is 4.19. The summed E-state index contributed by atoms with van der Waals surface area (Å²) in [5, 5.41) is 3.70. The summed E-state index contributed by atoms with van der Waals surface area (Å²) in [4.78, 5) is 0. The maximum Gasteiger partial charge on any atom is 0.0300 e. The van der Waals surface area contributed by atoms with Gasteiger partial charge in [0, 0.05) is 12.1 Å². The molecule has 0 saturated carbocycles. The first-order valence-electron chi connectivity index (χ1n) is 7.37. The Morgan fingerprint density at radius 1 is 0.750 bits per heavy atom. The zero-order valence-corrected chi connectivity index (χ0v) is 13.2. The Kier molecular flexibility index (Phi) is 4.61. The monoisotopic (exact) mass is 267 g/mol. The first-order valence-corrected chi connectivity index (χ1v) is 7.37. The number of aryl methyl sites for hydroxylation is 3. The average molecular weight is 267 g/mol. The molecule has 0 aliphatic heterocycles. The maximum absolute atomic E-state index is 3.70. The molecule has 2 rings (SSSR count). The van der Waals surface area contributed by atoms with Gasteiger partial charge in [-0.25, -0.2) is 0 Å². The highest BCUT2D eigenvalue weighted by atomic mass is 14.9. The summed E-state index contributed by atoms with van der Waals surface area (Å²) >= 11 is 0. The van der Waals surface area contributed by atoms with Crippen LogP contribution in [0.25, 0.3) is 0 Å². The summed E-state index contributed by atoms with van der Waals surface area (Å²) in [6.07, 6.45) is 0. The molecule has 20 heavy (non-hydrogen) atoms. The van der Waals surface area contributed by atoms with Crippen molar-refractivity contribution in [2.24, 2.45) is 0 Å². The molecule has 2 atom stereocenters. The predicted octanol–water partition coefficient (Wildman–Crippen LogP) is 5.02. The SMILES string of the molecule is Cc1ccc(C(C)NC(C)c2ccccc2C)cc1C. The molecule has 0 radical (unpaired) electrons. The third kappa shape index (κ3) is 3.29. The van der Waals surface area contributed by atoms with Gasteiger partial charge in [-0.15, -0.1) is 0 Å². The van der Waals surface area contributed by atoms with Gasteiger partial charge in [-0.3, -0.25) is 0 Å². The zero-order chi connectivity index (χ0) is 14.7. The average Bonchev–Trinajstić information content (AvgIpc) is 2.42. The molecular formula is C19H25N. The molecule has 0 bridgehead atoms. The van der Waals surface area contributed by atoms with Crippen molar-refractivity contribution in [2.45, 2.75) is 46.7 Å². The Morgan fingerprint density at radius 2 is 1.45 bits per heavy atom. The lowest BCUT2D eigenvalue weighted by atomic mass is 9.99. The number of rotatable bonds is 4. The maximum atomic E-state index is 3.70. The Bertz CT molecular complexity index is 586. The lowest BCUT2D eigenvalue weighted by molar-refractivity contribution is 0.493. The van der Waals surface area contributed by atoms with Crippen LogP contribution in [-0.4, -0.2) is 0 Å². The van der Waals surface area contributed by atoms with Crippen molar-refractivity contribution >= 4 is 0 Å². The fourth-order valence-corrected chi connectivity index (χ4v) is 2.67. The van der Waals surface area contributed by atoms with Gasteiger partial charge in [0.25, 0.3) is 0 Å². The third-order valence-electron chi connectivity index (χ3n) is 4.19. The number of hydrogen-bond acceptors (Lipinski definition) is 1. The lowest BCUT2D eigenvalue weighted by Gasteiger charge is -2.22. The van der Waals surface area contributed by atoms with Gasteiger partial charge >= 0.3 is 0 Å². The number of benzene rings is 2. The molecule has 1 N–H and O–H groups in total. The molecule has 0 aliphatic rings. The van der Waals surface area contributed by atoms with E-state index in [-0.39, 0.29) is 0 Å². The fourth-order valence-electron chi connectivity index (χ4n) is 2.67. The summed E-state index contributed by atoms with van der Waals surface area (Å²) in [5.41, 5.74) is 6.80. The lowest BCUT2D eigenvalue weighted by Crippen LogP contribution is -2.23. The molecule has 0 aliphatic carbocycles. The summed E-state index contributed by atoms with van der Waals surface area (Å²) in [6, 6.07) is 16.0. The molecule has 0 heterocycles. The molecule has 0 amide bonds. The fraction of sp³-hybridized carbons (Fsp3) is 0.368. The first-order chi connectivity index (χ1) is 9.49. The molecule has 0 fully saturated rings. The van der Waals surface area contributed by atoms with Crippen molar-refractivity contribution < 1.29 is 0 Å². The van der Waals surface area contributed by atoms with Crippen LogP contribution in [0, 0.1) is 20.8 Å². The van der Waals surface area contributed by atoms with Crippen LogP contribution in [0.3, 0.4) is 0 Å². The van der Waals surface area contributed by atoms with Gasteiger partial charge in [0.05, 0.1) is 0 Å². The minimum absolute atomic E-state index is 0.351.